The van der Waals surface area contributed by atoms with E-state index in [1.165, 1.54) is 11.4 Å². The van der Waals surface area contributed by atoms with Crippen molar-refractivity contribution < 1.29 is 18.3 Å². The largest absolute Gasteiger partial charge is 0.478 e. The maximum atomic E-state index is 12.2. The van der Waals surface area contributed by atoms with Crippen LogP contribution in [0, 0.1) is 0 Å². The van der Waals surface area contributed by atoms with Crippen LogP contribution >= 0.6 is 23.1 Å². The number of hydrogen-bond donors (Lipinski definition) is 2. The molecule has 0 aromatic carbocycles. The van der Waals surface area contributed by atoms with Gasteiger partial charge in [0.25, 0.3) is 0 Å². The van der Waals surface area contributed by atoms with Crippen LogP contribution in [0.25, 0.3) is 0 Å². The van der Waals surface area contributed by atoms with Crippen LogP contribution in [-0.4, -0.2) is 37.0 Å². The summed E-state index contributed by atoms with van der Waals surface area (Å²) in [5.74, 6) is -1.11. The Labute approximate surface area is 126 Å². The topological polar surface area (TPSA) is 83.5 Å². The summed E-state index contributed by atoms with van der Waals surface area (Å²) in [6.45, 7) is 0. The van der Waals surface area contributed by atoms with Crippen molar-refractivity contribution in [2.24, 2.45) is 0 Å². The lowest BCUT2D eigenvalue weighted by Crippen LogP contribution is -2.37. The predicted octanol–water partition coefficient (Wildman–Crippen LogP) is 2.40. The molecule has 1 saturated carbocycles. The Kier molecular flexibility index (Phi) is 5.11. The molecule has 20 heavy (non-hydrogen) atoms. The smallest absolute Gasteiger partial charge is 0.336 e. The van der Waals surface area contributed by atoms with E-state index < -0.39 is 16.0 Å². The van der Waals surface area contributed by atoms with E-state index in [1.54, 1.807) is 0 Å². The van der Waals surface area contributed by atoms with Gasteiger partial charge in [0.1, 0.15) is 4.21 Å². The number of sulfonamides is 1. The van der Waals surface area contributed by atoms with E-state index in [9.17, 15) is 13.2 Å². The molecule has 0 aliphatic heterocycles. The molecule has 1 fully saturated rings. The zero-order valence-electron chi connectivity index (χ0n) is 11.0. The van der Waals surface area contributed by atoms with Gasteiger partial charge in [-0.25, -0.2) is 17.9 Å². The molecule has 112 valence electrons. The van der Waals surface area contributed by atoms with Crippen LogP contribution in [0.3, 0.4) is 0 Å². The van der Waals surface area contributed by atoms with E-state index in [-0.39, 0.29) is 15.8 Å². The molecule has 0 saturated heterocycles. The molecule has 0 spiro atoms. The average molecular weight is 335 g/mol. The summed E-state index contributed by atoms with van der Waals surface area (Å²) in [6, 6.07) is 1.17. The minimum absolute atomic E-state index is 0.0152. The van der Waals surface area contributed by atoms with Crippen molar-refractivity contribution in [2.45, 2.75) is 41.2 Å². The molecule has 1 aromatic heterocycles. The Bertz CT molecular complexity index is 573. The van der Waals surface area contributed by atoms with Crippen molar-refractivity contribution >= 4 is 39.1 Å². The van der Waals surface area contributed by atoms with E-state index in [0.29, 0.717) is 5.25 Å². The Hall–Kier alpha value is -0.570. The number of hydrogen-bond acceptors (Lipinski definition) is 5. The van der Waals surface area contributed by atoms with Crippen LogP contribution in [0.15, 0.2) is 15.7 Å². The third-order valence-corrected chi connectivity index (χ3v) is 7.51. The summed E-state index contributed by atoms with van der Waals surface area (Å²) in [5.41, 5.74) is 0.0152. The van der Waals surface area contributed by atoms with Crippen LogP contribution in [0.5, 0.6) is 0 Å². The lowest BCUT2D eigenvalue weighted by molar-refractivity contribution is 0.0697. The van der Waals surface area contributed by atoms with Crippen molar-refractivity contribution in [3.63, 3.8) is 0 Å². The quantitative estimate of drug-likeness (QED) is 0.863. The highest BCUT2D eigenvalue weighted by Gasteiger charge is 2.26. The number of nitrogens with one attached hydrogen (secondary N) is 1. The molecule has 0 radical (unpaired) electrons. The third kappa shape index (κ3) is 3.75. The van der Waals surface area contributed by atoms with Crippen molar-refractivity contribution in [2.75, 3.05) is 6.26 Å². The molecular weight excluding hydrogens is 318 g/mol. The summed E-state index contributed by atoms with van der Waals surface area (Å²) < 4.78 is 27.1. The number of aromatic carboxylic acids is 1. The van der Waals surface area contributed by atoms with Gasteiger partial charge in [0.05, 0.1) is 5.56 Å². The first-order chi connectivity index (χ1) is 9.42. The van der Waals surface area contributed by atoms with Crippen LogP contribution in [0.4, 0.5) is 0 Å². The lowest BCUT2D eigenvalue weighted by Gasteiger charge is -2.27. The Morgan fingerprint density at radius 2 is 2.05 bits per heavy atom. The highest BCUT2D eigenvalue weighted by atomic mass is 32.2. The second kappa shape index (κ2) is 6.46. The first-order valence-electron chi connectivity index (χ1n) is 6.29. The number of thiophene rings is 1. The van der Waals surface area contributed by atoms with Gasteiger partial charge in [-0.15, -0.1) is 11.3 Å². The number of carboxylic acids is 1. The first kappa shape index (κ1) is 15.8. The van der Waals surface area contributed by atoms with Crippen molar-refractivity contribution in [1.82, 2.24) is 4.72 Å². The highest BCUT2D eigenvalue weighted by Crippen LogP contribution is 2.28. The highest BCUT2D eigenvalue weighted by molar-refractivity contribution is 7.99. The first-order valence-corrected chi connectivity index (χ1v) is 9.94. The SMILES string of the molecule is CSC1CCC(NS(=O)(=O)c2cc(C(=O)O)cs2)CC1. The maximum Gasteiger partial charge on any atom is 0.336 e. The van der Waals surface area contributed by atoms with Gasteiger partial charge in [-0.1, -0.05) is 0 Å². The summed E-state index contributed by atoms with van der Waals surface area (Å²) in [4.78, 5) is 10.8. The minimum atomic E-state index is -3.60. The van der Waals surface area contributed by atoms with Gasteiger partial charge in [0.2, 0.25) is 10.0 Å². The summed E-state index contributed by atoms with van der Waals surface area (Å²) in [5, 5.41) is 10.8. The number of thioether (sulfide) groups is 1. The summed E-state index contributed by atoms with van der Waals surface area (Å²) in [6.07, 6.45) is 5.77. The molecule has 0 bridgehead atoms. The van der Waals surface area contributed by atoms with Crippen LogP contribution < -0.4 is 4.72 Å². The predicted molar refractivity (Wildman–Crippen MR) is 81.2 cm³/mol. The Morgan fingerprint density at radius 3 is 2.55 bits per heavy atom. The molecule has 2 rings (SSSR count). The molecule has 1 heterocycles. The fourth-order valence-corrected chi connectivity index (χ4v) is 5.48. The van der Waals surface area contributed by atoms with E-state index in [2.05, 4.69) is 11.0 Å². The van der Waals surface area contributed by atoms with Crippen molar-refractivity contribution in [3.05, 3.63) is 17.0 Å². The van der Waals surface area contributed by atoms with Crippen LogP contribution in [0.2, 0.25) is 0 Å². The number of carbonyl (C=O) groups is 1. The van der Waals surface area contributed by atoms with Gasteiger partial charge in [-0.2, -0.15) is 11.8 Å². The lowest BCUT2D eigenvalue weighted by atomic mass is 9.96. The van der Waals surface area contributed by atoms with Crippen molar-refractivity contribution in [3.8, 4) is 0 Å². The van der Waals surface area contributed by atoms with Gasteiger partial charge >= 0.3 is 5.97 Å². The second-order valence-corrected chi connectivity index (χ2v) is 8.78. The molecule has 0 atom stereocenters. The molecule has 0 amide bonds. The van der Waals surface area contributed by atoms with E-state index in [4.69, 9.17) is 5.11 Å². The zero-order valence-corrected chi connectivity index (χ0v) is 13.5. The molecule has 2 N–H and O–H groups in total. The molecular formula is C12H17NO4S3. The molecule has 1 aromatic rings. The fraction of sp³-hybridized carbons (Fsp3) is 0.583. The van der Waals surface area contributed by atoms with Crippen LogP contribution in [0.1, 0.15) is 36.0 Å². The van der Waals surface area contributed by atoms with Gasteiger partial charge in [-0.05, 0) is 38.0 Å². The number of rotatable bonds is 5. The van der Waals surface area contributed by atoms with E-state index in [1.807, 2.05) is 11.8 Å². The summed E-state index contributed by atoms with van der Waals surface area (Å²) >= 11 is 2.77. The van der Waals surface area contributed by atoms with Gasteiger partial charge in [0, 0.05) is 16.7 Å². The summed E-state index contributed by atoms with van der Waals surface area (Å²) in [7, 11) is -3.60. The van der Waals surface area contributed by atoms with Gasteiger partial charge < -0.3 is 5.11 Å². The third-order valence-electron chi connectivity index (χ3n) is 3.42. The molecule has 1 aliphatic rings. The second-order valence-electron chi connectivity index (χ2n) is 4.79. The molecule has 0 unspecified atom stereocenters. The minimum Gasteiger partial charge on any atom is -0.478 e. The average Bonchev–Trinajstić information content (AvgIpc) is 2.90. The normalized spacial score (nSPS) is 23.6. The Balaban J connectivity index is 2.02. The van der Waals surface area contributed by atoms with Crippen molar-refractivity contribution in [1.29, 1.82) is 0 Å². The van der Waals surface area contributed by atoms with Gasteiger partial charge in [0.15, 0.2) is 0 Å². The van der Waals surface area contributed by atoms with Crippen LogP contribution in [-0.2, 0) is 10.0 Å². The molecule has 8 heteroatoms. The standard InChI is InChI=1S/C12H17NO4S3/c1-18-10-4-2-9(3-5-10)13-20(16,17)11-6-8(7-19-11)12(14)15/h6-7,9-10,13H,2-5H2,1H3,(H,14,15). The van der Waals surface area contributed by atoms with Gasteiger partial charge in [-0.3, -0.25) is 0 Å². The van der Waals surface area contributed by atoms with E-state index >= 15 is 0 Å². The maximum absolute atomic E-state index is 12.2. The molecule has 5 nitrogen and oxygen atoms in total. The fourth-order valence-electron chi connectivity index (χ4n) is 2.26. The number of carboxylic acid groups (broad SMARTS) is 1. The Morgan fingerprint density at radius 1 is 1.40 bits per heavy atom. The molecule has 1 aliphatic carbocycles. The monoisotopic (exact) mass is 335 g/mol. The zero-order chi connectivity index (χ0) is 14.8. The van der Waals surface area contributed by atoms with E-state index in [0.717, 1.165) is 37.0 Å².